The highest BCUT2D eigenvalue weighted by molar-refractivity contribution is 7.98. The van der Waals surface area contributed by atoms with E-state index in [1.807, 2.05) is 63.2 Å². The van der Waals surface area contributed by atoms with Crippen LogP contribution in [0.25, 0.3) is 16.7 Å². The van der Waals surface area contributed by atoms with Gasteiger partial charge in [0, 0.05) is 17.7 Å². The Hall–Kier alpha value is -3.16. The average Bonchev–Trinajstić information content (AvgIpc) is 2.88. The minimum Gasteiger partial charge on any atom is -0.491 e. The molecular weight excluding hydrogens is 482 g/mol. The summed E-state index contributed by atoms with van der Waals surface area (Å²) in [5, 5.41) is 1.14. The van der Waals surface area contributed by atoms with Gasteiger partial charge in [-0.2, -0.15) is 0 Å². The highest BCUT2D eigenvalue weighted by atomic mass is 32.2. The number of pyridine rings is 1. The molecule has 0 saturated carbocycles. The molecule has 6 nitrogen and oxygen atoms in total. The van der Waals surface area contributed by atoms with Crippen molar-refractivity contribution < 1.29 is 9.47 Å². The maximum Gasteiger partial charge on any atom is 0.268 e. The van der Waals surface area contributed by atoms with Gasteiger partial charge in [0.2, 0.25) is 0 Å². The van der Waals surface area contributed by atoms with Crippen molar-refractivity contribution in [2.24, 2.45) is 0 Å². The van der Waals surface area contributed by atoms with Crippen LogP contribution in [0.1, 0.15) is 56.5 Å². The first kappa shape index (κ1) is 25.5. The molecule has 0 saturated heterocycles. The molecule has 0 radical (unpaired) electrons. The van der Waals surface area contributed by atoms with Gasteiger partial charge in [0.1, 0.15) is 5.75 Å². The molecule has 4 aromatic rings. The normalized spacial score (nSPS) is 17.2. The number of nitrogens with zero attached hydrogens (tertiary/aromatic N) is 3. The van der Waals surface area contributed by atoms with Gasteiger partial charge in [-0.25, -0.2) is 9.97 Å². The quantitative estimate of drug-likeness (QED) is 0.209. The maximum atomic E-state index is 13.9. The first-order valence-electron chi connectivity index (χ1n) is 12.8. The molecule has 2 aromatic carbocycles. The Morgan fingerprint density at radius 2 is 1.84 bits per heavy atom. The summed E-state index contributed by atoms with van der Waals surface area (Å²) >= 11 is 1.54. The Bertz CT molecular complexity index is 1480. The number of thioether (sulfide) groups is 1. The fraction of sp³-hybridized carbons (Fsp3) is 0.367. The number of aromatic nitrogens is 3. The van der Waals surface area contributed by atoms with Crippen LogP contribution in [-0.4, -0.2) is 26.2 Å². The lowest BCUT2D eigenvalue weighted by molar-refractivity contribution is -0.0573. The molecule has 0 aliphatic carbocycles. The van der Waals surface area contributed by atoms with E-state index in [0.29, 0.717) is 35.0 Å². The average molecular weight is 516 g/mol. The van der Waals surface area contributed by atoms with E-state index in [1.165, 1.54) is 11.8 Å². The Balaban J connectivity index is 1.56. The summed E-state index contributed by atoms with van der Waals surface area (Å²) in [4.78, 5) is 23.7. The summed E-state index contributed by atoms with van der Waals surface area (Å²) in [6.45, 7) is 10.8. The van der Waals surface area contributed by atoms with E-state index in [-0.39, 0.29) is 17.3 Å². The number of rotatable bonds is 7. The highest BCUT2D eigenvalue weighted by Gasteiger charge is 2.31. The van der Waals surface area contributed by atoms with E-state index in [2.05, 4.69) is 26.0 Å². The van der Waals surface area contributed by atoms with Gasteiger partial charge < -0.3 is 9.47 Å². The molecule has 37 heavy (non-hydrogen) atoms. The van der Waals surface area contributed by atoms with Gasteiger partial charge >= 0.3 is 0 Å². The minimum absolute atomic E-state index is 0.115. The monoisotopic (exact) mass is 515 g/mol. The van der Waals surface area contributed by atoms with Crippen molar-refractivity contribution in [3.8, 4) is 11.4 Å². The third-order valence-corrected chi connectivity index (χ3v) is 7.83. The van der Waals surface area contributed by atoms with Gasteiger partial charge in [-0.15, -0.1) is 0 Å². The summed E-state index contributed by atoms with van der Waals surface area (Å²) in [5.41, 5.74) is 5.13. The Kier molecular flexibility index (Phi) is 7.10. The molecule has 0 N–H and O–H groups in total. The second-order valence-corrected chi connectivity index (χ2v) is 11.1. The fourth-order valence-electron chi connectivity index (χ4n) is 4.44. The molecule has 1 aliphatic rings. The van der Waals surface area contributed by atoms with Crippen molar-refractivity contribution in [2.75, 3.05) is 0 Å². The SMILES string of the molecule is CCC1(C)Cc2nc3nc(SCc4ccc(OC(C)C)cc4)n(-c4ccc(C)cc4)c(=O)c3cc2CO1. The third-order valence-electron chi connectivity index (χ3n) is 6.82. The van der Waals surface area contributed by atoms with E-state index in [0.717, 1.165) is 40.2 Å². The van der Waals surface area contributed by atoms with Crippen LogP contribution in [0.3, 0.4) is 0 Å². The van der Waals surface area contributed by atoms with Gasteiger partial charge in [-0.05, 0) is 70.0 Å². The van der Waals surface area contributed by atoms with Crippen LogP contribution >= 0.6 is 11.8 Å². The number of benzene rings is 2. The summed E-state index contributed by atoms with van der Waals surface area (Å²) in [5.74, 6) is 1.51. The summed E-state index contributed by atoms with van der Waals surface area (Å²) < 4.78 is 13.6. The summed E-state index contributed by atoms with van der Waals surface area (Å²) in [6.07, 6.45) is 1.74. The zero-order valence-electron chi connectivity index (χ0n) is 22.1. The van der Waals surface area contributed by atoms with Crippen molar-refractivity contribution in [2.45, 2.75) is 76.7 Å². The van der Waals surface area contributed by atoms with Crippen LogP contribution < -0.4 is 10.3 Å². The smallest absolute Gasteiger partial charge is 0.268 e. The molecule has 1 aliphatic heterocycles. The first-order valence-corrected chi connectivity index (χ1v) is 13.8. The van der Waals surface area contributed by atoms with E-state index < -0.39 is 0 Å². The number of ether oxygens (including phenoxy) is 2. The topological polar surface area (TPSA) is 66.2 Å². The van der Waals surface area contributed by atoms with Gasteiger partial charge in [0.05, 0.1) is 35.1 Å². The van der Waals surface area contributed by atoms with Crippen molar-refractivity contribution in [1.29, 1.82) is 0 Å². The molecule has 7 heteroatoms. The number of fused-ring (bicyclic) bond motifs is 2. The standard InChI is InChI=1S/C30H33N3O3S/c1-6-30(5)16-26-22(17-35-30)15-25-27(31-26)32-29(33(28(25)34)23-11-7-20(4)8-12-23)37-18-21-9-13-24(14-10-21)36-19(2)3/h7-15,19H,6,16-18H2,1-5H3. The molecular formula is C30H33N3O3S. The van der Waals surface area contributed by atoms with Gasteiger partial charge in [0.25, 0.3) is 5.56 Å². The number of hydrogen-bond acceptors (Lipinski definition) is 6. The number of hydrogen-bond donors (Lipinski definition) is 0. The molecule has 5 rings (SSSR count). The minimum atomic E-state index is -0.242. The zero-order chi connectivity index (χ0) is 26.2. The molecule has 192 valence electrons. The van der Waals surface area contributed by atoms with Gasteiger partial charge in [0.15, 0.2) is 10.8 Å². The second kappa shape index (κ2) is 10.3. The van der Waals surface area contributed by atoms with E-state index in [1.54, 1.807) is 4.57 Å². The molecule has 0 fully saturated rings. The van der Waals surface area contributed by atoms with Crippen molar-refractivity contribution in [1.82, 2.24) is 14.5 Å². The summed E-state index contributed by atoms with van der Waals surface area (Å²) in [6, 6.07) is 18.0. The van der Waals surface area contributed by atoms with E-state index >= 15 is 0 Å². The van der Waals surface area contributed by atoms with E-state index in [4.69, 9.17) is 19.4 Å². The zero-order valence-corrected chi connectivity index (χ0v) is 22.9. The number of aryl methyl sites for hydroxylation is 1. The van der Waals surface area contributed by atoms with Crippen molar-refractivity contribution in [3.05, 3.63) is 87.3 Å². The fourth-order valence-corrected chi connectivity index (χ4v) is 5.39. The molecule has 3 heterocycles. The van der Waals surface area contributed by atoms with Crippen LogP contribution in [0.5, 0.6) is 5.75 Å². The predicted octanol–water partition coefficient (Wildman–Crippen LogP) is 6.41. The second-order valence-electron chi connectivity index (χ2n) is 10.2. The van der Waals surface area contributed by atoms with Gasteiger partial charge in [-0.3, -0.25) is 9.36 Å². The third kappa shape index (κ3) is 5.43. The van der Waals surface area contributed by atoms with Crippen LogP contribution in [0.15, 0.2) is 64.5 Å². The van der Waals surface area contributed by atoms with Crippen LogP contribution in [0, 0.1) is 6.92 Å². The van der Waals surface area contributed by atoms with Crippen LogP contribution in [0.4, 0.5) is 0 Å². The molecule has 1 unspecified atom stereocenters. The Morgan fingerprint density at radius 1 is 1.11 bits per heavy atom. The Labute approximate surface area is 222 Å². The Morgan fingerprint density at radius 3 is 2.51 bits per heavy atom. The van der Waals surface area contributed by atoms with Crippen LogP contribution in [-0.2, 0) is 23.5 Å². The summed E-state index contributed by atoms with van der Waals surface area (Å²) in [7, 11) is 0. The van der Waals surface area contributed by atoms with Crippen molar-refractivity contribution in [3.63, 3.8) is 0 Å². The largest absolute Gasteiger partial charge is 0.491 e. The molecule has 2 aromatic heterocycles. The lowest BCUT2D eigenvalue weighted by Crippen LogP contribution is -2.35. The highest BCUT2D eigenvalue weighted by Crippen LogP contribution is 2.31. The molecule has 0 bridgehead atoms. The van der Waals surface area contributed by atoms with Crippen molar-refractivity contribution >= 4 is 22.8 Å². The lowest BCUT2D eigenvalue weighted by atomic mass is 9.91. The predicted molar refractivity (Wildman–Crippen MR) is 149 cm³/mol. The molecule has 0 spiro atoms. The van der Waals surface area contributed by atoms with Crippen LogP contribution in [0.2, 0.25) is 0 Å². The molecule has 1 atom stereocenters. The van der Waals surface area contributed by atoms with Gasteiger partial charge in [-0.1, -0.05) is 48.5 Å². The van der Waals surface area contributed by atoms with E-state index in [9.17, 15) is 4.79 Å². The molecule has 0 amide bonds. The first-order chi connectivity index (χ1) is 17.7. The maximum absolute atomic E-state index is 13.9. The lowest BCUT2D eigenvalue weighted by Gasteiger charge is -2.33.